The summed E-state index contributed by atoms with van der Waals surface area (Å²) in [5.74, 6) is 1.83. The molecule has 0 unspecified atom stereocenters. The van der Waals surface area contributed by atoms with Gasteiger partial charge in [0.05, 0.1) is 0 Å². The van der Waals surface area contributed by atoms with Crippen LogP contribution in [-0.4, -0.2) is 15.0 Å². The smallest absolute Gasteiger partial charge is 0.164 e. The Hall–Kier alpha value is -7.43. The fourth-order valence-electron chi connectivity index (χ4n) is 7.90. The van der Waals surface area contributed by atoms with Gasteiger partial charge in [-0.15, -0.1) is 0 Å². The van der Waals surface area contributed by atoms with E-state index < -0.39 is 0 Å². The molecule has 0 saturated heterocycles. The minimum Gasteiger partial charge on any atom is -0.456 e. The Labute approximate surface area is 317 Å². The summed E-state index contributed by atoms with van der Waals surface area (Å²) in [7, 11) is 0. The minimum atomic E-state index is 0.595. The van der Waals surface area contributed by atoms with Crippen LogP contribution in [-0.2, 0) is 0 Å². The van der Waals surface area contributed by atoms with Gasteiger partial charge in [-0.3, -0.25) is 0 Å². The van der Waals surface area contributed by atoms with E-state index in [4.69, 9.17) is 19.4 Å². The van der Waals surface area contributed by atoms with Gasteiger partial charge in [-0.2, -0.15) is 0 Å². The summed E-state index contributed by atoms with van der Waals surface area (Å²) in [4.78, 5) is 15.6. The van der Waals surface area contributed by atoms with Crippen LogP contribution in [0.5, 0.6) is 0 Å². The molecule has 0 aliphatic carbocycles. The molecule has 0 radical (unpaired) electrons. The van der Waals surface area contributed by atoms with Gasteiger partial charge < -0.3 is 4.42 Å². The second-order valence-corrected chi connectivity index (χ2v) is 14.0. The first-order chi connectivity index (χ1) is 27.2. The molecule has 256 valence electrons. The zero-order chi connectivity index (χ0) is 36.3. The highest BCUT2D eigenvalue weighted by Gasteiger charge is 2.19. The van der Waals surface area contributed by atoms with Gasteiger partial charge in [0.25, 0.3) is 0 Å². The molecule has 0 fully saturated rings. The van der Waals surface area contributed by atoms with Crippen LogP contribution in [0.15, 0.2) is 192 Å². The maximum Gasteiger partial charge on any atom is 0.164 e. The largest absolute Gasteiger partial charge is 0.456 e. The molecule has 0 aliphatic rings. The van der Waals surface area contributed by atoms with Crippen molar-refractivity contribution >= 4 is 54.3 Å². The number of fused-ring (bicyclic) bond motifs is 7. The second kappa shape index (κ2) is 12.6. The first-order valence-electron chi connectivity index (χ1n) is 18.5. The molecule has 2 aromatic heterocycles. The van der Waals surface area contributed by atoms with Gasteiger partial charge >= 0.3 is 0 Å². The number of benzene rings is 9. The molecular weight excluding hydrogens is 671 g/mol. The van der Waals surface area contributed by atoms with Crippen LogP contribution in [0.4, 0.5) is 0 Å². The standard InChI is InChI=1S/C51H31N3O/c1-2-9-32(10-3-1)34-17-19-35(20-18-34)39-27-28-46-45(30-39)48-43(15-8-16-47(48)55-46)51-53-49(40-25-21-33-11-4-5-13-38(33)29-40)52-50(54-51)41-26-24-37-23-22-36-12-6-7-14-42(36)44(37)31-41/h1-31H. The van der Waals surface area contributed by atoms with E-state index in [-0.39, 0.29) is 0 Å². The Bertz CT molecular complexity index is 3260. The molecule has 0 N–H and O–H groups in total. The molecule has 4 heteroatoms. The van der Waals surface area contributed by atoms with Crippen molar-refractivity contribution in [3.8, 4) is 56.4 Å². The van der Waals surface area contributed by atoms with E-state index in [1.807, 2.05) is 18.2 Å². The number of nitrogens with zero attached hydrogens (tertiary/aromatic N) is 3. The van der Waals surface area contributed by atoms with Crippen LogP contribution in [0.3, 0.4) is 0 Å². The minimum absolute atomic E-state index is 0.595. The van der Waals surface area contributed by atoms with Crippen molar-refractivity contribution in [3.63, 3.8) is 0 Å². The van der Waals surface area contributed by atoms with Crippen LogP contribution in [0.25, 0.3) is 111 Å². The maximum absolute atomic E-state index is 6.48. The van der Waals surface area contributed by atoms with E-state index in [1.165, 1.54) is 32.7 Å². The molecule has 4 nitrogen and oxygen atoms in total. The van der Waals surface area contributed by atoms with E-state index in [9.17, 15) is 0 Å². The van der Waals surface area contributed by atoms with Crippen LogP contribution < -0.4 is 0 Å². The van der Waals surface area contributed by atoms with Crippen molar-refractivity contribution in [3.05, 3.63) is 188 Å². The lowest BCUT2D eigenvalue weighted by molar-refractivity contribution is 0.669. The fraction of sp³-hybridized carbons (Fsp3) is 0. The van der Waals surface area contributed by atoms with E-state index in [2.05, 4.69) is 170 Å². The Morgan fingerprint density at radius 3 is 1.64 bits per heavy atom. The Morgan fingerprint density at radius 2 is 0.836 bits per heavy atom. The van der Waals surface area contributed by atoms with Gasteiger partial charge in [0.15, 0.2) is 17.5 Å². The molecule has 0 aliphatic heterocycles. The zero-order valence-electron chi connectivity index (χ0n) is 29.6. The molecule has 0 atom stereocenters. The lowest BCUT2D eigenvalue weighted by atomic mass is 9.98. The van der Waals surface area contributed by atoms with Crippen molar-refractivity contribution in [1.29, 1.82) is 0 Å². The van der Waals surface area contributed by atoms with E-state index in [0.717, 1.165) is 60.5 Å². The molecule has 11 aromatic rings. The third-order valence-electron chi connectivity index (χ3n) is 10.7. The predicted octanol–water partition coefficient (Wildman–Crippen LogP) is 13.6. The monoisotopic (exact) mass is 701 g/mol. The van der Waals surface area contributed by atoms with E-state index in [1.54, 1.807) is 0 Å². The number of furan rings is 1. The van der Waals surface area contributed by atoms with Gasteiger partial charge in [0, 0.05) is 27.5 Å². The van der Waals surface area contributed by atoms with Crippen LogP contribution in [0.1, 0.15) is 0 Å². The molecule has 0 spiro atoms. The quantitative estimate of drug-likeness (QED) is 0.168. The fourth-order valence-corrected chi connectivity index (χ4v) is 7.90. The highest BCUT2D eigenvalue weighted by molar-refractivity contribution is 6.13. The summed E-state index contributed by atoms with van der Waals surface area (Å²) in [5, 5.41) is 9.03. The van der Waals surface area contributed by atoms with E-state index >= 15 is 0 Å². The molecule has 2 heterocycles. The number of hydrogen-bond acceptors (Lipinski definition) is 4. The van der Waals surface area contributed by atoms with Gasteiger partial charge in [-0.25, -0.2) is 15.0 Å². The molecule has 55 heavy (non-hydrogen) atoms. The normalized spacial score (nSPS) is 11.6. The number of rotatable bonds is 5. The van der Waals surface area contributed by atoms with Crippen molar-refractivity contribution in [2.45, 2.75) is 0 Å². The molecule has 0 amide bonds. The molecular formula is C51H31N3O. The average molecular weight is 702 g/mol. The van der Waals surface area contributed by atoms with Gasteiger partial charge in [-0.1, -0.05) is 158 Å². The Kier molecular flexibility index (Phi) is 7.14. The Balaban J connectivity index is 1.10. The molecule has 9 aromatic carbocycles. The highest BCUT2D eigenvalue weighted by Crippen LogP contribution is 2.39. The summed E-state index contributed by atoms with van der Waals surface area (Å²) in [5.41, 5.74) is 9.00. The first kappa shape index (κ1) is 31.1. The second-order valence-electron chi connectivity index (χ2n) is 14.0. The zero-order valence-corrected chi connectivity index (χ0v) is 29.6. The Morgan fingerprint density at radius 1 is 0.291 bits per heavy atom. The van der Waals surface area contributed by atoms with Crippen LogP contribution in [0, 0.1) is 0 Å². The number of aromatic nitrogens is 3. The third-order valence-corrected chi connectivity index (χ3v) is 10.7. The van der Waals surface area contributed by atoms with Crippen molar-refractivity contribution < 1.29 is 4.42 Å². The van der Waals surface area contributed by atoms with Crippen molar-refractivity contribution in [2.24, 2.45) is 0 Å². The summed E-state index contributed by atoms with van der Waals surface area (Å²) in [6.07, 6.45) is 0. The summed E-state index contributed by atoms with van der Waals surface area (Å²) < 4.78 is 6.48. The molecule has 11 rings (SSSR count). The maximum atomic E-state index is 6.48. The van der Waals surface area contributed by atoms with Crippen molar-refractivity contribution in [2.75, 3.05) is 0 Å². The van der Waals surface area contributed by atoms with Crippen LogP contribution >= 0.6 is 0 Å². The summed E-state index contributed by atoms with van der Waals surface area (Å²) in [6, 6.07) is 65.9. The van der Waals surface area contributed by atoms with E-state index in [0.29, 0.717) is 17.5 Å². The summed E-state index contributed by atoms with van der Waals surface area (Å²) in [6.45, 7) is 0. The highest BCUT2D eigenvalue weighted by atomic mass is 16.3. The lowest BCUT2D eigenvalue weighted by Crippen LogP contribution is -2.00. The van der Waals surface area contributed by atoms with Crippen molar-refractivity contribution in [1.82, 2.24) is 15.0 Å². The SMILES string of the molecule is c1ccc(-c2ccc(-c3ccc4oc5cccc(-c6nc(-c7ccc8ccccc8c7)nc(-c7ccc8ccc9ccccc9c8c7)n6)c5c4c3)cc2)cc1. The lowest BCUT2D eigenvalue weighted by Gasteiger charge is -2.11. The number of hydrogen-bond donors (Lipinski definition) is 0. The van der Waals surface area contributed by atoms with Gasteiger partial charge in [-0.05, 0) is 84.9 Å². The molecule has 0 saturated carbocycles. The topological polar surface area (TPSA) is 51.8 Å². The first-order valence-corrected chi connectivity index (χ1v) is 18.5. The third kappa shape index (κ3) is 5.43. The van der Waals surface area contributed by atoms with Crippen LogP contribution in [0.2, 0.25) is 0 Å². The summed E-state index contributed by atoms with van der Waals surface area (Å²) >= 11 is 0. The molecule has 0 bridgehead atoms. The predicted molar refractivity (Wildman–Crippen MR) is 227 cm³/mol. The van der Waals surface area contributed by atoms with Gasteiger partial charge in [0.2, 0.25) is 0 Å². The van der Waals surface area contributed by atoms with Gasteiger partial charge in [0.1, 0.15) is 11.2 Å². The average Bonchev–Trinajstić information content (AvgIpc) is 3.64.